The molecule has 0 radical (unpaired) electrons. The first-order valence-electron chi connectivity index (χ1n) is 7.63. The Morgan fingerprint density at radius 2 is 2.14 bits per heavy atom. The summed E-state index contributed by atoms with van der Waals surface area (Å²) in [5.41, 5.74) is 0. The first-order valence-corrected chi connectivity index (χ1v) is 7.63. The van der Waals surface area contributed by atoms with Gasteiger partial charge in [-0.2, -0.15) is 0 Å². The number of allylic oxidation sites excluding steroid dienone is 1. The molecule has 1 fully saturated rings. The molecule has 0 aromatic rings. The third-order valence-corrected chi connectivity index (χ3v) is 3.56. The van der Waals surface area contributed by atoms with Crippen LogP contribution in [0.25, 0.3) is 0 Å². The standard InChI is InChI=1S/C16H28O5/c1-5-6-7-12(10-15(18)19-4)8-9-13-14(11-17)21-16(2,3)20-13/h8-9,12-14,17H,5-7,10-11H2,1-4H3/b9-8+/t12-,13-,14?/m0/s1. The normalized spacial score (nSPS) is 26.1. The Hall–Kier alpha value is -0.910. The predicted molar refractivity (Wildman–Crippen MR) is 79.7 cm³/mol. The lowest BCUT2D eigenvalue weighted by atomic mass is 9.97. The Morgan fingerprint density at radius 1 is 1.43 bits per heavy atom. The van der Waals surface area contributed by atoms with Crippen LogP contribution >= 0.6 is 0 Å². The van der Waals surface area contributed by atoms with E-state index in [1.807, 2.05) is 26.0 Å². The summed E-state index contributed by atoms with van der Waals surface area (Å²) in [4.78, 5) is 11.5. The van der Waals surface area contributed by atoms with Gasteiger partial charge in [0, 0.05) is 0 Å². The van der Waals surface area contributed by atoms with Crippen molar-refractivity contribution in [2.75, 3.05) is 13.7 Å². The second-order valence-electron chi connectivity index (χ2n) is 5.89. The molecule has 0 aromatic heterocycles. The Morgan fingerprint density at radius 3 is 2.71 bits per heavy atom. The van der Waals surface area contributed by atoms with Crippen LogP contribution in [0.5, 0.6) is 0 Å². The van der Waals surface area contributed by atoms with Gasteiger partial charge in [0.2, 0.25) is 0 Å². The highest BCUT2D eigenvalue weighted by atomic mass is 16.8. The summed E-state index contributed by atoms with van der Waals surface area (Å²) in [7, 11) is 1.40. The number of hydrogen-bond acceptors (Lipinski definition) is 5. The maximum Gasteiger partial charge on any atom is 0.306 e. The molecule has 1 heterocycles. The fourth-order valence-corrected chi connectivity index (χ4v) is 2.46. The zero-order chi connectivity index (χ0) is 15.9. The molecule has 0 bridgehead atoms. The summed E-state index contributed by atoms with van der Waals surface area (Å²) >= 11 is 0. The van der Waals surface area contributed by atoms with Crippen molar-refractivity contribution in [1.29, 1.82) is 0 Å². The van der Waals surface area contributed by atoms with Gasteiger partial charge in [-0.15, -0.1) is 0 Å². The lowest BCUT2D eigenvalue weighted by Gasteiger charge is -2.16. The molecular weight excluding hydrogens is 272 g/mol. The van der Waals surface area contributed by atoms with Crippen LogP contribution in [0, 0.1) is 5.92 Å². The van der Waals surface area contributed by atoms with E-state index in [0.29, 0.717) is 6.42 Å². The average Bonchev–Trinajstić information content (AvgIpc) is 2.75. The van der Waals surface area contributed by atoms with Crippen molar-refractivity contribution >= 4 is 5.97 Å². The minimum absolute atomic E-state index is 0.0882. The SMILES string of the molecule is CCCC[C@@H](/C=C/[C@@H]1OC(C)(C)OC1CO)CC(=O)OC. The molecule has 1 unspecified atom stereocenters. The molecule has 0 spiro atoms. The molecule has 0 aromatic carbocycles. The molecule has 5 heteroatoms. The largest absolute Gasteiger partial charge is 0.469 e. The summed E-state index contributed by atoms with van der Waals surface area (Å²) in [6.07, 6.45) is 6.69. The summed E-state index contributed by atoms with van der Waals surface area (Å²) < 4.78 is 16.1. The zero-order valence-electron chi connectivity index (χ0n) is 13.5. The zero-order valence-corrected chi connectivity index (χ0v) is 13.5. The maximum absolute atomic E-state index is 11.5. The van der Waals surface area contributed by atoms with Crippen molar-refractivity contribution in [3.05, 3.63) is 12.2 Å². The predicted octanol–water partition coefficient (Wildman–Crippen LogP) is 2.42. The molecule has 1 saturated heterocycles. The fraction of sp³-hybridized carbons (Fsp3) is 0.812. The lowest BCUT2D eigenvalue weighted by Crippen LogP contribution is -2.25. The molecule has 1 rings (SSSR count). The van der Waals surface area contributed by atoms with Gasteiger partial charge in [-0.3, -0.25) is 4.79 Å². The van der Waals surface area contributed by atoms with E-state index in [2.05, 4.69) is 6.92 Å². The number of carbonyl (C=O) groups excluding carboxylic acids is 1. The Kier molecular flexibility index (Phi) is 7.35. The van der Waals surface area contributed by atoms with E-state index in [1.165, 1.54) is 7.11 Å². The van der Waals surface area contributed by atoms with E-state index in [1.54, 1.807) is 0 Å². The van der Waals surface area contributed by atoms with E-state index < -0.39 is 5.79 Å². The number of aliphatic hydroxyl groups excluding tert-OH is 1. The molecule has 0 amide bonds. The second kappa shape index (κ2) is 8.51. The van der Waals surface area contributed by atoms with Gasteiger partial charge >= 0.3 is 5.97 Å². The van der Waals surface area contributed by atoms with Crippen LogP contribution in [0.4, 0.5) is 0 Å². The Labute approximate surface area is 127 Å². The van der Waals surface area contributed by atoms with Gasteiger partial charge in [-0.1, -0.05) is 31.9 Å². The molecule has 3 atom stereocenters. The Balaban J connectivity index is 2.65. The highest BCUT2D eigenvalue weighted by Gasteiger charge is 2.39. The van der Waals surface area contributed by atoms with Crippen LogP contribution < -0.4 is 0 Å². The number of methoxy groups -OCH3 is 1. The minimum atomic E-state index is -0.691. The number of aliphatic hydroxyl groups is 1. The van der Waals surface area contributed by atoms with Crippen LogP contribution in [0.3, 0.4) is 0 Å². The molecule has 21 heavy (non-hydrogen) atoms. The van der Waals surface area contributed by atoms with Gasteiger partial charge in [0.05, 0.1) is 20.1 Å². The third-order valence-electron chi connectivity index (χ3n) is 3.56. The van der Waals surface area contributed by atoms with Crippen molar-refractivity contribution in [3.8, 4) is 0 Å². The van der Waals surface area contributed by atoms with Crippen molar-refractivity contribution in [1.82, 2.24) is 0 Å². The summed E-state index contributed by atoms with van der Waals surface area (Å²) in [6, 6.07) is 0. The molecule has 1 N–H and O–H groups in total. The monoisotopic (exact) mass is 300 g/mol. The molecule has 1 aliphatic heterocycles. The first-order chi connectivity index (χ1) is 9.91. The van der Waals surface area contributed by atoms with Crippen LogP contribution in [-0.4, -0.2) is 42.8 Å². The van der Waals surface area contributed by atoms with Gasteiger partial charge in [0.1, 0.15) is 12.2 Å². The maximum atomic E-state index is 11.5. The van der Waals surface area contributed by atoms with E-state index in [9.17, 15) is 9.90 Å². The summed E-state index contributed by atoms with van der Waals surface area (Å²) in [5, 5.41) is 9.35. The quantitative estimate of drug-likeness (QED) is 0.551. The lowest BCUT2D eigenvalue weighted by molar-refractivity contribution is -0.146. The second-order valence-corrected chi connectivity index (χ2v) is 5.89. The number of rotatable bonds is 8. The topological polar surface area (TPSA) is 65.0 Å². The smallest absolute Gasteiger partial charge is 0.306 e. The van der Waals surface area contributed by atoms with Crippen LogP contribution in [-0.2, 0) is 19.0 Å². The van der Waals surface area contributed by atoms with E-state index in [-0.39, 0.29) is 30.7 Å². The molecular formula is C16H28O5. The van der Waals surface area contributed by atoms with Crippen molar-refractivity contribution < 1.29 is 24.1 Å². The van der Waals surface area contributed by atoms with Crippen LogP contribution in [0.1, 0.15) is 46.5 Å². The van der Waals surface area contributed by atoms with Crippen LogP contribution in [0.15, 0.2) is 12.2 Å². The summed E-state index contributed by atoms with van der Waals surface area (Å²) in [6.45, 7) is 5.69. The van der Waals surface area contributed by atoms with E-state index in [4.69, 9.17) is 14.2 Å². The van der Waals surface area contributed by atoms with Gasteiger partial charge < -0.3 is 19.3 Å². The minimum Gasteiger partial charge on any atom is -0.469 e. The average molecular weight is 300 g/mol. The van der Waals surface area contributed by atoms with Crippen molar-refractivity contribution in [3.63, 3.8) is 0 Å². The molecule has 0 saturated carbocycles. The number of unbranched alkanes of at least 4 members (excludes halogenated alkanes) is 1. The van der Waals surface area contributed by atoms with E-state index in [0.717, 1.165) is 19.3 Å². The molecule has 0 aliphatic carbocycles. The third kappa shape index (κ3) is 6.16. The highest BCUT2D eigenvalue weighted by Crippen LogP contribution is 2.29. The van der Waals surface area contributed by atoms with Gasteiger partial charge in [-0.05, 0) is 26.2 Å². The first kappa shape index (κ1) is 18.1. The van der Waals surface area contributed by atoms with Gasteiger partial charge in [0.25, 0.3) is 0 Å². The summed E-state index contributed by atoms with van der Waals surface area (Å²) in [5.74, 6) is -0.767. The number of esters is 1. The molecule has 1 aliphatic rings. The Bertz CT molecular complexity index is 351. The van der Waals surface area contributed by atoms with Gasteiger partial charge in [0.15, 0.2) is 5.79 Å². The fourth-order valence-electron chi connectivity index (χ4n) is 2.46. The number of ether oxygens (including phenoxy) is 3. The van der Waals surface area contributed by atoms with E-state index >= 15 is 0 Å². The molecule has 5 nitrogen and oxygen atoms in total. The number of hydrogen-bond donors (Lipinski definition) is 1. The van der Waals surface area contributed by atoms with Crippen molar-refractivity contribution in [2.24, 2.45) is 5.92 Å². The number of carbonyl (C=O) groups is 1. The van der Waals surface area contributed by atoms with Crippen LogP contribution in [0.2, 0.25) is 0 Å². The van der Waals surface area contributed by atoms with Gasteiger partial charge in [-0.25, -0.2) is 0 Å². The highest BCUT2D eigenvalue weighted by molar-refractivity contribution is 5.69. The molecule has 122 valence electrons. The van der Waals surface area contributed by atoms with Crippen molar-refractivity contribution in [2.45, 2.75) is 64.4 Å².